The molecule has 1 amide bonds. The van der Waals surface area contributed by atoms with Crippen molar-refractivity contribution >= 4 is 13.7 Å². The number of halogens is 1. The van der Waals surface area contributed by atoms with E-state index in [0.717, 1.165) is 0 Å². The zero-order chi connectivity index (χ0) is 9.23. The lowest BCUT2D eigenvalue weighted by molar-refractivity contribution is -0.121. The highest BCUT2D eigenvalue weighted by Crippen LogP contribution is 1.66. The van der Waals surface area contributed by atoms with Crippen molar-refractivity contribution in [3.8, 4) is 0 Å². The highest BCUT2D eigenvalue weighted by Gasteiger charge is 1.98. The predicted octanol–water partition coefficient (Wildman–Crippen LogP) is -1.92. The van der Waals surface area contributed by atoms with Crippen LogP contribution in [0.2, 0.25) is 0 Å². The van der Waals surface area contributed by atoms with E-state index in [1.165, 1.54) is 0 Å². The van der Waals surface area contributed by atoms with Gasteiger partial charge in [-0.25, -0.2) is 5.48 Å². The van der Waals surface area contributed by atoms with Crippen LogP contribution in [-0.2, 0) is 9.55 Å². The van der Waals surface area contributed by atoms with Gasteiger partial charge >= 0.3 is 7.76 Å². The van der Waals surface area contributed by atoms with Gasteiger partial charge in [-0.1, -0.05) is 0 Å². The molecule has 0 saturated heterocycles. The van der Waals surface area contributed by atoms with Crippen LogP contribution in [0, 0.1) is 0 Å². The maximum Gasteiger partial charge on any atom is 0.498 e. The van der Waals surface area contributed by atoms with Crippen molar-refractivity contribution in [2.45, 2.75) is 0 Å². The van der Waals surface area contributed by atoms with Crippen LogP contribution in [0.4, 0.5) is 4.32 Å². The van der Waals surface area contributed by atoms with Gasteiger partial charge in [0.2, 0.25) is 5.91 Å². The number of carbonyl (C=O) groups is 1. The van der Waals surface area contributed by atoms with Crippen molar-refractivity contribution in [2.75, 3.05) is 26.7 Å². The quantitative estimate of drug-likeness (QED) is 0.241. The van der Waals surface area contributed by atoms with Crippen molar-refractivity contribution in [1.29, 1.82) is 0 Å². The Kier molecular flexibility index (Phi) is 7.98. The summed E-state index contributed by atoms with van der Waals surface area (Å²) in [7, 11) is 0.848. The first-order chi connectivity index (χ1) is 5.81. The molecule has 0 aliphatic rings. The smallest absolute Gasteiger partial charge is 0.354 e. The fraction of sp³-hybridized carbons (Fsp3) is 0.800. The summed E-state index contributed by atoms with van der Waals surface area (Å²) in [4.78, 5) is 10.8. The van der Waals surface area contributed by atoms with E-state index in [1.54, 1.807) is 7.05 Å². The van der Waals surface area contributed by atoms with Gasteiger partial charge in [0.05, 0.1) is 6.54 Å². The maximum atomic E-state index is 11.3. The fourth-order valence-electron chi connectivity index (χ4n) is 0.545. The molecule has 5 nitrogen and oxygen atoms in total. The molecule has 0 aliphatic heterocycles. The number of rotatable bonds is 7. The van der Waals surface area contributed by atoms with Crippen LogP contribution in [0.15, 0.2) is 0 Å². The van der Waals surface area contributed by atoms with E-state index in [0.29, 0.717) is 13.1 Å². The van der Waals surface area contributed by atoms with E-state index in [-0.39, 0.29) is 12.5 Å². The molecule has 0 aliphatic carbocycles. The SMILES string of the molecule is CNCCNC(=O)CNOBF. The van der Waals surface area contributed by atoms with Crippen molar-refractivity contribution < 1.29 is 13.9 Å². The van der Waals surface area contributed by atoms with Gasteiger partial charge in [-0.15, -0.1) is 0 Å². The molecule has 0 aromatic heterocycles. The van der Waals surface area contributed by atoms with Crippen LogP contribution in [0.25, 0.3) is 0 Å². The lowest BCUT2D eigenvalue weighted by atomic mass is 10.5. The van der Waals surface area contributed by atoms with E-state index in [2.05, 4.69) is 20.9 Å². The molecular formula is C5H13BFN3O2. The number of hydrogen-bond acceptors (Lipinski definition) is 4. The molecule has 0 unspecified atom stereocenters. The summed E-state index contributed by atoms with van der Waals surface area (Å²) in [6, 6.07) is 0. The fourth-order valence-corrected chi connectivity index (χ4v) is 0.545. The molecule has 70 valence electrons. The molecule has 0 saturated carbocycles. The standard InChI is InChI=1S/C5H13BFN3O2/c1-8-2-3-9-5(11)4-10-12-6-7/h6,8,10H,2-4H2,1H3,(H,9,11). The summed E-state index contributed by atoms with van der Waals surface area (Å²) in [5.41, 5.74) is 2.15. The number of hydroxylamine groups is 1. The van der Waals surface area contributed by atoms with Crippen LogP contribution in [-0.4, -0.2) is 40.3 Å². The minimum absolute atomic E-state index is 0.0341. The van der Waals surface area contributed by atoms with Crippen molar-refractivity contribution in [3.05, 3.63) is 0 Å². The Hall–Kier alpha value is -0.655. The first-order valence-electron chi connectivity index (χ1n) is 3.63. The average Bonchev–Trinajstić information content (AvgIpc) is 2.06. The second kappa shape index (κ2) is 8.44. The van der Waals surface area contributed by atoms with Crippen LogP contribution in [0.3, 0.4) is 0 Å². The van der Waals surface area contributed by atoms with E-state index in [4.69, 9.17) is 0 Å². The number of nitrogens with one attached hydrogen (secondary N) is 3. The van der Waals surface area contributed by atoms with Gasteiger partial charge in [0.15, 0.2) is 0 Å². The highest BCUT2D eigenvalue weighted by molar-refractivity contribution is 6.16. The van der Waals surface area contributed by atoms with Crippen LogP contribution >= 0.6 is 0 Å². The third-order valence-corrected chi connectivity index (χ3v) is 1.09. The lowest BCUT2D eigenvalue weighted by Crippen LogP contribution is -2.37. The molecular weight excluding hydrogens is 164 g/mol. The topological polar surface area (TPSA) is 62.4 Å². The van der Waals surface area contributed by atoms with Gasteiger partial charge in [-0.2, -0.15) is 0 Å². The van der Waals surface area contributed by atoms with E-state index < -0.39 is 7.76 Å². The Labute approximate surface area is 71.3 Å². The molecule has 0 aromatic rings. The van der Waals surface area contributed by atoms with Gasteiger partial charge in [-0.05, 0) is 7.05 Å². The first kappa shape index (κ1) is 11.3. The molecule has 0 atom stereocenters. The van der Waals surface area contributed by atoms with Crippen LogP contribution in [0.5, 0.6) is 0 Å². The molecule has 7 heteroatoms. The minimum Gasteiger partial charge on any atom is -0.354 e. The molecule has 0 aromatic carbocycles. The summed E-state index contributed by atoms with van der Waals surface area (Å²) in [5, 5.41) is 5.44. The Morgan fingerprint density at radius 3 is 2.92 bits per heavy atom. The Balaban J connectivity index is 3.10. The monoisotopic (exact) mass is 177 g/mol. The van der Waals surface area contributed by atoms with Crippen LogP contribution < -0.4 is 16.1 Å². The number of likely N-dealkylation sites (N-methyl/N-ethyl adjacent to an activating group) is 1. The highest BCUT2D eigenvalue weighted by atomic mass is 19.1. The number of amides is 1. The molecule has 3 N–H and O–H groups in total. The molecule has 0 heterocycles. The van der Waals surface area contributed by atoms with Crippen molar-refractivity contribution in [1.82, 2.24) is 16.1 Å². The largest absolute Gasteiger partial charge is 0.498 e. The normalized spacial score (nSPS) is 9.50. The van der Waals surface area contributed by atoms with Gasteiger partial charge in [0, 0.05) is 13.1 Å². The summed E-state index contributed by atoms with van der Waals surface area (Å²) >= 11 is 0. The van der Waals surface area contributed by atoms with Gasteiger partial charge in [-0.3, -0.25) is 9.11 Å². The lowest BCUT2D eigenvalue weighted by Gasteiger charge is -2.04. The average molecular weight is 177 g/mol. The second-order valence-corrected chi connectivity index (χ2v) is 2.03. The van der Waals surface area contributed by atoms with Crippen molar-refractivity contribution in [3.63, 3.8) is 0 Å². The van der Waals surface area contributed by atoms with E-state index >= 15 is 0 Å². The predicted molar refractivity (Wildman–Crippen MR) is 44.3 cm³/mol. The third kappa shape index (κ3) is 7.45. The van der Waals surface area contributed by atoms with E-state index in [1.807, 2.05) is 0 Å². The summed E-state index contributed by atoms with van der Waals surface area (Å²) < 4.78 is 15.4. The zero-order valence-corrected chi connectivity index (χ0v) is 7.02. The third-order valence-electron chi connectivity index (χ3n) is 1.09. The second-order valence-electron chi connectivity index (χ2n) is 2.03. The maximum absolute atomic E-state index is 11.3. The minimum atomic E-state index is -0.941. The molecule has 12 heavy (non-hydrogen) atoms. The molecule has 0 radical (unpaired) electrons. The molecule has 0 fully saturated rings. The Morgan fingerprint density at radius 1 is 1.58 bits per heavy atom. The summed E-state index contributed by atoms with van der Waals surface area (Å²) in [5.74, 6) is -0.223. The first-order valence-corrected chi connectivity index (χ1v) is 3.63. The van der Waals surface area contributed by atoms with Gasteiger partial charge < -0.3 is 15.4 Å². The summed E-state index contributed by atoms with van der Waals surface area (Å²) in [6.07, 6.45) is 0. The number of carbonyl (C=O) groups excluding carboxylic acids is 1. The molecule has 0 bridgehead atoms. The van der Waals surface area contributed by atoms with Crippen LogP contribution in [0.1, 0.15) is 0 Å². The zero-order valence-electron chi connectivity index (χ0n) is 7.02. The van der Waals surface area contributed by atoms with Crippen molar-refractivity contribution in [2.24, 2.45) is 0 Å². The Bertz CT molecular complexity index is 115. The number of hydrogen-bond donors (Lipinski definition) is 3. The van der Waals surface area contributed by atoms with E-state index in [9.17, 15) is 9.11 Å². The molecule has 0 rings (SSSR count). The summed E-state index contributed by atoms with van der Waals surface area (Å²) in [6.45, 7) is 1.22. The molecule has 0 spiro atoms. The van der Waals surface area contributed by atoms with Gasteiger partial charge in [0.1, 0.15) is 0 Å². The Morgan fingerprint density at radius 2 is 2.33 bits per heavy atom. The van der Waals surface area contributed by atoms with Gasteiger partial charge in [0.25, 0.3) is 0 Å².